The molecule has 3 aromatic heterocycles. The third-order valence-corrected chi connectivity index (χ3v) is 6.79. The molecule has 2 fully saturated rings. The largest absolute Gasteiger partial charge is 0.384 e. The number of nitrogens with two attached hydrogens (primary N) is 1. The number of thiophene rings is 1. The molecule has 0 radical (unpaired) electrons. The summed E-state index contributed by atoms with van der Waals surface area (Å²) in [7, 11) is 0. The second-order valence-corrected chi connectivity index (χ2v) is 8.74. The van der Waals surface area contributed by atoms with Crippen molar-refractivity contribution in [1.82, 2.24) is 25.2 Å². The lowest BCUT2D eigenvalue weighted by Gasteiger charge is -2.28. The van der Waals surface area contributed by atoms with Crippen LogP contribution in [0.5, 0.6) is 0 Å². The lowest BCUT2D eigenvalue weighted by Crippen LogP contribution is -2.42. The van der Waals surface area contributed by atoms with Crippen molar-refractivity contribution >= 4 is 33.3 Å². The van der Waals surface area contributed by atoms with Crippen molar-refractivity contribution < 1.29 is 4.74 Å². The van der Waals surface area contributed by atoms with Crippen molar-refractivity contribution in [2.24, 2.45) is 0 Å². The normalized spacial score (nSPS) is 18.2. The Labute approximate surface area is 180 Å². The summed E-state index contributed by atoms with van der Waals surface area (Å²) in [6.07, 6.45) is 1.84. The van der Waals surface area contributed by atoms with Gasteiger partial charge in [0.05, 0.1) is 29.1 Å². The van der Waals surface area contributed by atoms with Crippen LogP contribution in [0.1, 0.15) is 11.1 Å². The Kier molecular flexibility index (Phi) is 5.51. The molecule has 0 saturated carbocycles. The maximum atomic E-state index is 5.90. The zero-order valence-electron chi connectivity index (χ0n) is 17.2. The van der Waals surface area contributed by atoms with Gasteiger partial charge in [0.2, 0.25) is 5.95 Å². The predicted octanol–water partition coefficient (Wildman–Crippen LogP) is 1.89. The Morgan fingerprint density at radius 3 is 2.73 bits per heavy atom. The van der Waals surface area contributed by atoms with Gasteiger partial charge in [-0.3, -0.25) is 4.90 Å². The van der Waals surface area contributed by atoms with E-state index in [1.165, 1.54) is 5.56 Å². The van der Waals surface area contributed by atoms with E-state index in [2.05, 4.69) is 32.4 Å². The van der Waals surface area contributed by atoms with Gasteiger partial charge in [0.25, 0.3) is 0 Å². The number of nitrogens with zero attached hydrogens (tertiary/aromatic N) is 5. The number of piperazine rings is 1. The number of nitrogens with one attached hydrogen (secondary N) is 1. The Morgan fingerprint density at radius 1 is 1.17 bits per heavy atom. The minimum absolute atomic E-state index is 0.528. The molecule has 0 aliphatic carbocycles. The summed E-state index contributed by atoms with van der Waals surface area (Å²) < 4.78 is 6.65. The van der Waals surface area contributed by atoms with Crippen LogP contribution in [-0.2, 0) is 11.3 Å². The van der Waals surface area contributed by atoms with Crippen molar-refractivity contribution in [3.63, 3.8) is 0 Å². The van der Waals surface area contributed by atoms with E-state index < -0.39 is 0 Å². The molecule has 8 nitrogen and oxygen atoms in total. The Bertz CT molecular complexity index is 1040. The summed E-state index contributed by atoms with van der Waals surface area (Å²) in [6.45, 7) is 10.2. The van der Waals surface area contributed by atoms with Gasteiger partial charge in [0, 0.05) is 63.1 Å². The van der Waals surface area contributed by atoms with Gasteiger partial charge in [-0.25, -0.2) is 15.0 Å². The van der Waals surface area contributed by atoms with Crippen LogP contribution in [0.4, 0.5) is 11.8 Å². The highest BCUT2D eigenvalue weighted by Gasteiger charge is 2.22. The van der Waals surface area contributed by atoms with E-state index in [0.717, 1.165) is 78.8 Å². The summed E-state index contributed by atoms with van der Waals surface area (Å²) >= 11 is 1.72. The van der Waals surface area contributed by atoms with Gasteiger partial charge in [0.1, 0.15) is 5.82 Å². The zero-order valence-corrected chi connectivity index (χ0v) is 18.0. The molecule has 9 heteroatoms. The molecule has 2 aliphatic heterocycles. The first-order valence-corrected chi connectivity index (χ1v) is 11.3. The molecule has 0 amide bonds. The van der Waals surface area contributed by atoms with Crippen LogP contribution in [0, 0.1) is 6.92 Å². The molecule has 0 unspecified atom stereocenters. The summed E-state index contributed by atoms with van der Waals surface area (Å²) in [5.74, 6) is 1.30. The molecule has 5 rings (SSSR count). The number of hydrogen-bond donors (Lipinski definition) is 2. The van der Waals surface area contributed by atoms with Gasteiger partial charge in [-0.1, -0.05) is 0 Å². The fraction of sp³-hybridized carbons (Fsp3) is 0.476. The fourth-order valence-electron chi connectivity index (χ4n) is 4.09. The molecule has 3 N–H and O–H groups in total. The smallest absolute Gasteiger partial charge is 0.226 e. The second kappa shape index (κ2) is 8.43. The molecule has 2 aliphatic rings. The van der Waals surface area contributed by atoms with Gasteiger partial charge in [0.15, 0.2) is 0 Å². The summed E-state index contributed by atoms with van der Waals surface area (Å²) in [5, 5.41) is 5.67. The van der Waals surface area contributed by atoms with Gasteiger partial charge < -0.3 is 20.7 Å². The van der Waals surface area contributed by atoms with Crippen LogP contribution in [-0.4, -0.2) is 72.3 Å². The molecule has 0 bridgehead atoms. The average Bonchev–Trinajstić information content (AvgIpc) is 3.17. The van der Waals surface area contributed by atoms with Crippen LogP contribution < -0.4 is 16.0 Å². The average molecular weight is 426 g/mol. The molecule has 2 saturated heterocycles. The number of ether oxygens (including phenoxy) is 1. The van der Waals surface area contributed by atoms with E-state index >= 15 is 0 Å². The van der Waals surface area contributed by atoms with Crippen LogP contribution in [0.2, 0.25) is 0 Å². The monoisotopic (exact) mass is 425 g/mol. The number of fused-ring (bicyclic) bond motifs is 1. The highest BCUT2D eigenvalue weighted by molar-refractivity contribution is 7.17. The maximum Gasteiger partial charge on any atom is 0.226 e. The molecule has 0 aromatic carbocycles. The first kappa shape index (κ1) is 19.6. The van der Waals surface area contributed by atoms with Crippen LogP contribution >= 0.6 is 11.3 Å². The predicted molar refractivity (Wildman–Crippen MR) is 121 cm³/mol. The highest BCUT2D eigenvalue weighted by Crippen LogP contribution is 2.36. The van der Waals surface area contributed by atoms with E-state index in [1.54, 1.807) is 11.3 Å². The van der Waals surface area contributed by atoms with E-state index in [-0.39, 0.29) is 0 Å². The van der Waals surface area contributed by atoms with Crippen molar-refractivity contribution in [2.45, 2.75) is 13.5 Å². The topological polar surface area (TPSA) is 92.4 Å². The molecular weight excluding hydrogens is 398 g/mol. The molecule has 30 heavy (non-hydrogen) atoms. The number of morpholine rings is 1. The van der Waals surface area contributed by atoms with Gasteiger partial charge in [-0.15, -0.1) is 11.3 Å². The Hall–Kier alpha value is -2.33. The number of nitrogen functional groups attached to an aromatic ring is 1. The molecule has 5 heterocycles. The number of anilines is 2. The first-order chi connectivity index (χ1) is 14.7. The summed E-state index contributed by atoms with van der Waals surface area (Å²) in [5.41, 5.74) is 11.3. The van der Waals surface area contributed by atoms with Crippen molar-refractivity contribution in [3.05, 3.63) is 28.8 Å². The molecule has 3 aromatic rings. The molecule has 0 spiro atoms. The van der Waals surface area contributed by atoms with Gasteiger partial charge >= 0.3 is 0 Å². The third-order valence-electron chi connectivity index (χ3n) is 5.76. The number of pyridine rings is 1. The van der Waals surface area contributed by atoms with Crippen molar-refractivity contribution in [2.75, 3.05) is 63.1 Å². The van der Waals surface area contributed by atoms with Crippen LogP contribution in [0.25, 0.3) is 21.5 Å². The second-order valence-electron chi connectivity index (χ2n) is 7.86. The van der Waals surface area contributed by atoms with Crippen LogP contribution in [0.3, 0.4) is 0 Å². The van der Waals surface area contributed by atoms with Gasteiger partial charge in [-0.2, -0.15) is 0 Å². The lowest BCUT2D eigenvalue weighted by molar-refractivity contribution is 0.122. The SMILES string of the molecule is Cc1cc(N)ncc1-c1nc(N2CCOCC2)nc2c(CN3CCNCC3)csc12. The molecule has 0 atom stereocenters. The van der Waals surface area contributed by atoms with E-state index in [0.29, 0.717) is 19.0 Å². The minimum atomic E-state index is 0.528. The summed E-state index contributed by atoms with van der Waals surface area (Å²) in [6, 6.07) is 1.91. The molecule has 158 valence electrons. The number of hydrogen-bond acceptors (Lipinski definition) is 9. The maximum absolute atomic E-state index is 5.90. The third kappa shape index (κ3) is 3.85. The van der Waals surface area contributed by atoms with Crippen LogP contribution in [0.15, 0.2) is 17.6 Å². The molecular formula is C21H27N7OS. The van der Waals surface area contributed by atoms with Gasteiger partial charge in [-0.05, 0) is 23.9 Å². The first-order valence-electron chi connectivity index (χ1n) is 10.5. The highest BCUT2D eigenvalue weighted by atomic mass is 32.1. The number of rotatable bonds is 4. The van der Waals surface area contributed by atoms with E-state index in [9.17, 15) is 0 Å². The lowest BCUT2D eigenvalue weighted by atomic mass is 10.1. The number of aryl methyl sites for hydroxylation is 1. The standard InChI is InChI=1S/C21H27N7OS/c1-14-10-17(22)24-11-16(14)19-20-18(25-21(26-19)28-6-8-29-9-7-28)15(13-30-20)12-27-4-2-23-3-5-27/h10-11,13,23H,2-9,12H2,1H3,(H2,22,24). The quantitative estimate of drug-likeness (QED) is 0.655. The fourth-order valence-corrected chi connectivity index (χ4v) is 5.09. The zero-order chi connectivity index (χ0) is 20.5. The Morgan fingerprint density at radius 2 is 1.97 bits per heavy atom. The van der Waals surface area contributed by atoms with Crippen molar-refractivity contribution in [1.29, 1.82) is 0 Å². The minimum Gasteiger partial charge on any atom is -0.384 e. The van der Waals surface area contributed by atoms with E-state index in [4.69, 9.17) is 20.4 Å². The van der Waals surface area contributed by atoms with Crippen molar-refractivity contribution in [3.8, 4) is 11.3 Å². The summed E-state index contributed by atoms with van der Waals surface area (Å²) in [4.78, 5) is 19.1. The van der Waals surface area contributed by atoms with E-state index in [1.807, 2.05) is 12.3 Å². The number of aromatic nitrogens is 3. The Balaban J connectivity index is 1.61.